The molecular formula is C18H17NO4S. The molecule has 0 spiro atoms. The van der Waals surface area contributed by atoms with E-state index in [4.69, 9.17) is 4.74 Å². The third-order valence-corrected chi connectivity index (χ3v) is 5.58. The molecule has 3 aromatic rings. The van der Waals surface area contributed by atoms with Crippen molar-refractivity contribution in [3.63, 3.8) is 0 Å². The summed E-state index contributed by atoms with van der Waals surface area (Å²) in [6, 6.07) is 13.5. The summed E-state index contributed by atoms with van der Waals surface area (Å²) < 4.78 is 32.4. The number of aldehydes is 1. The van der Waals surface area contributed by atoms with Crippen molar-refractivity contribution in [2.75, 3.05) is 7.11 Å². The molecule has 0 aliphatic rings. The molecular weight excluding hydrogens is 326 g/mol. The molecule has 0 unspecified atom stereocenters. The van der Waals surface area contributed by atoms with E-state index in [1.165, 1.54) is 3.97 Å². The lowest BCUT2D eigenvalue weighted by Crippen LogP contribution is -2.11. The van der Waals surface area contributed by atoms with Crippen LogP contribution in [0.5, 0.6) is 5.75 Å². The summed E-state index contributed by atoms with van der Waals surface area (Å²) >= 11 is 0. The third-order valence-electron chi connectivity index (χ3n) is 3.89. The van der Waals surface area contributed by atoms with Crippen LogP contribution in [0.25, 0.3) is 10.9 Å². The first-order chi connectivity index (χ1) is 11.6. The number of hydrogen-bond donors (Lipinski definition) is 0. The van der Waals surface area contributed by atoms with Crippen molar-refractivity contribution < 1.29 is 17.9 Å². The zero-order chi connectivity index (χ0) is 17.2. The molecule has 0 saturated heterocycles. The van der Waals surface area contributed by atoms with Crippen LogP contribution in [0.1, 0.15) is 12.0 Å². The molecule has 0 fully saturated rings. The normalized spacial score (nSPS) is 11.5. The van der Waals surface area contributed by atoms with Crippen molar-refractivity contribution >= 4 is 27.2 Å². The van der Waals surface area contributed by atoms with Crippen molar-refractivity contribution in [2.45, 2.75) is 17.7 Å². The highest BCUT2D eigenvalue weighted by molar-refractivity contribution is 7.90. The molecule has 124 valence electrons. The van der Waals surface area contributed by atoms with Gasteiger partial charge in [0.15, 0.2) is 0 Å². The van der Waals surface area contributed by atoms with E-state index in [9.17, 15) is 13.2 Å². The van der Waals surface area contributed by atoms with Crippen LogP contribution >= 0.6 is 0 Å². The molecule has 0 aliphatic carbocycles. The second kappa shape index (κ2) is 6.49. The predicted molar refractivity (Wildman–Crippen MR) is 91.9 cm³/mol. The minimum Gasteiger partial charge on any atom is -0.497 e. The van der Waals surface area contributed by atoms with Crippen LogP contribution in [0.15, 0.2) is 59.6 Å². The average Bonchev–Trinajstić information content (AvgIpc) is 2.99. The maximum atomic E-state index is 13.0. The number of methoxy groups -OCH3 is 1. The van der Waals surface area contributed by atoms with Crippen molar-refractivity contribution in [1.29, 1.82) is 0 Å². The average molecular weight is 343 g/mol. The Balaban J connectivity index is 2.23. The second-order valence-electron chi connectivity index (χ2n) is 5.36. The van der Waals surface area contributed by atoms with Gasteiger partial charge in [0.05, 0.1) is 17.5 Å². The smallest absolute Gasteiger partial charge is 0.268 e. The fourth-order valence-corrected chi connectivity index (χ4v) is 4.10. The van der Waals surface area contributed by atoms with E-state index >= 15 is 0 Å². The summed E-state index contributed by atoms with van der Waals surface area (Å²) in [7, 11) is -2.14. The lowest BCUT2D eigenvalue weighted by atomic mass is 10.1. The fraction of sp³-hybridized carbons (Fsp3) is 0.167. The van der Waals surface area contributed by atoms with Crippen LogP contribution in [-0.2, 0) is 21.2 Å². The first-order valence-corrected chi connectivity index (χ1v) is 8.94. The monoisotopic (exact) mass is 343 g/mol. The Bertz CT molecular complexity index is 975. The predicted octanol–water partition coefficient (Wildman–Crippen LogP) is 3.02. The van der Waals surface area contributed by atoms with Gasteiger partial charge in [0, 0.05) is 18.0 Å². The van der Waals surface area contributed by atoms with Gasteiger partial charge in [-0.2, -0.15) is 0 Å². The minimum absolute atomic E-state index is 0.222. The highest BCUT2D eigenvalue weighted by atomic mass is 32.2. The molecule has 0 bridgehead atoms. The molecule has 5 nitrogen and oxygen atoms in total. The molecule has 6 heteroatoms. The summed E-state index contributed by atoms with van der Waals surface area (Å²) in [5, 5.41) is 0.774. The molecule has 2 aromatic carbocycles. The number of aryl methyl sites for hydroxylation is 1. The fourth-order valence-electron chi connectivity index (χ4n) is 2.69. The number of carbonyl (C=O) groups is 1. The van der Waals surface area contributed by atoms with Gasteiger partial charge >= 0.3 is 0 Å². The lowest BCUT2D eigenvalue weighted by Gasteiger charge is -2.07. The van der Waals surface area contributed by atoms with Gasteiger partial charge in [0.25, 0.3) is 10.0 Å². The van der Waals surface area contributed by atoms with E-state index in [1.807, 2.05) is 0 Å². The van der Waals surface area contributed by atoms with Crippen LogP contribution in [0.4, 0.5) is 0 Å². The Morgan fingerprint density at radius 1 is 1.12 bits per heavy atom. The Hall–Kier alpha value is -2.60. The maximum absolute atomic E-state index is 13.0. The molecule has 24 heavy (non-hydrogen) atoms. The number of carbonyl (C=O) groups excluding carboxylic acids is 1. The van der Waals surface area contributed by atoms with E-state index in [1.54, 1.807) is 61.8 Å². The molecule has 0 N–H and O–H groups in total. The third kappa shape index (κ3) is 2.80. The molecule has 1 heterocycles. The second-order valence-corrected chi connectivity index (χ2v) is 7.17. The minimum atomic E-state index is -3.70. The quantitative estimate of drug-likeness (QED) is 0.645. The molecule has 0 radical (unpaired) electrons. The van der Waals surface area contributed by atoms with E-state index in [0.717, 1.165) is 17.2 Å². The summed E-state index contributed by atoms with van der Waals surface area (Å²) in [6.07, 6.45) is 3.23. The zero-order valence-corrected chi connectivity index (χ0v) is 14.0. The van der Waals surface area contributed by atoms with Crippen molar-refractivity contribution in [2.24, 2.45) is 0 Å². The van der Waals surface area contributed by atoms with Gasteiger partial charge in [0.2, 0.25) is 0 Å². The van der Waals surface area contributed by atoms with Gasteiger partial charge in [-0.15, -0.1) is 0 Å². The van der Waals surface area contributed by atoms with Crippen LogP contribution < -0.4 is 4.74 Å². The molecule has 3 rings (SSSR count). The summed E-state index contributed by atoms with van der Waals surface area (Å²) in [6.45, 7) is 0. The van der Waals surface area contributed by atoms with Crippen molar-refractivity contribution in [3.05, 3.63) is 60.3 Å². The zero-order valence-electron chi connectivity index (χ0n) is 13.2. The number of benzene rings is 2. The van der Waals surface area contributed by atoms with Crippen LogP contribution in [0.2, 0.25) is 0 Å². The number of ether oxygens (including phenoxy) is 1. The van der Waals surface area contributed by atoms with E-state index in [-0.39, 0.29) is 4.90 Å². The standard InChI is InChI=1S/C18H17NO4S/c1-23-15-9-10-18-17(12-15)14(6-5-11-20)13-19(18)24(21,22)16-7-3-2-4-8-16/h2-4,7-13H,5-6H2,1H3. The van der Waals surface area contributed by atoms with Gasteiger partial charge in [-0.05, 0) is 42.3 Å². The van der Waals surface area contributed by atoms with E-state index in [2.05, 4.69) is 0 Å². The highest BCUT2D eigenvalue weighted by Gasteiger charge is 2.21. The first-order valence-electron chi connectivity index (χ1n) is 7.50. The summed E-state index contributed by atoms with van der Waals surface area (Å²) in [5.74, 6) is 0.643. The van der Waals surface area contributed by atoms with E-state index < -0.39 is 10.0 Å². The van der Waals surface area contributed by atoms with Gasteiger partial charge in [0.1, 0.15) is 12.0 Å². The largest absolute Gasteiger partial charge is 0.497 e. The molecule has 0 amide bonds. The number of nitrogens with zero attached hydrogens (tertiary/aromatic N) is 1. The molecule has 0 saturated carbocycles. The van der Waals surface area contributed by atoms with Gasteiger partial charge in [-0.25, -0.2) is 12.4 Å². The molecule has 0 aliphatic heterocycles. The van der Waals surface area contributed by atoms with Crippen molar-refractivity contribution in [3.8, 4) is 5.75 Å². The summed E-state index contributed by atoms with van der Waals surface area (Å²) in [5.41, 5.74) is 1.37. The van der Waals surface area contributed by atoms with Crippen LogP contribution in [0, 0.1) is 0 Å². The molecule has 0 atom stereocenters. The summed E-state index contributed by atoms with van der Waals surface area (Å²) in [4.78, 5) is 10.9. The molecule has 1 aromatic heterocycles. The van der Waals surface area contributed by atoms with E-state index in [0.29, 0.717) is 24.1 Å². The van der Waals surface area contributed by atoms with Crippen LogP contribution in [-0.4, -0.2) is 25.8 Å². The Morgan fingerprint density at radius 2 is 1.88 bits per heavy atom. The van der Waals surface area contributed by atoms with Gasteiger partial charge in [-0.1, -0.05) is 18.2 Å². The topological polar surface area (TPSA) is 65.4 Å². The highest BCUT2D eigenvalue weighted by Crippen LogP contribution is 2.29. The number of rotatable bonds is 6. The van der Waals surface area contributed by atoms with Crippen molar-refractivity contribution in [1.82, 2.24) is 3.97 Å². The van der Waals surface area contributed by atoms with Gasteiger partial charge < -0.3 is 9.53 Å². The first kappa shape index (κ1) is 16.3. The number of fused-ring (bicyclic) bond motifs is 1. The maximum Gasteiger partial charge on any atom is 0.268 e. The Morgan fingerprint density at radius 3 is 2.54 bits per heavy atom. The van der Waals surface area contributed by atoms with Gasteiger partial charge in [-0.3, -0.25) is 0 Å². The SMILES string of the molecule is COc1ccc2c(c1)c(CCC=O)cn2S(=O)(=O)c1ccccc1. The number of hydrogen-bond acceptors (Lipinski definition) is 4. The number of aromatic nitrogens is 1. The Labute approximate surface area is 140 Å². The Kier molecular flexibility index (Phi) is 4.40. The lowest BCUT2D eigenvalue weighted by molar-refractivity contribution is -0.107. The van der Waals surface area contributed by atoms with Crippen LogP contribution in [0.3, 0.4) is 0 Å².